The molecule has 8 heteroatoms. The Morgan fingerprint density at radius 3 is 2.70 bits per heavy atom. The molecule has 1 amide bonds. The SMILES string of the molecule is CC(=O)Nc1cc([N+](=O)[O-])c(CCC(=O)O)c2c1CCN(C)C2. The van der Waals surface area contributed by atoms with Gasteiger partial charge in [0.1, 0.15) is 0 Å². The van der Waals surface area contributed by atoms with Crippen molar-refractivity contribution in [2.45, 2.75) is 32.7 Å². The summed E-state index contributed by atoms with van der Waals surface area (Å²) in [6, 6.07) is 1.35. The Morgan fingerprint density at radius 1 is 1.43 bits per heavy atom. The molecule has 0 aromatic heterocycles. The second-order valence-corrected chi connectivity index (χ2v) is 5.70. The fourth-order valence-electron chi connectivity index (χ4n) is 2.91. The van der Waals surface area contributed by atoms with Crippen molar-refractivity contribution in [1.29, 1.82) is 0 Å². The van der Waals surface area contributed by atoms with Crippen LogP contribution in [0.15, 0.2) is 6.07 Å². The Kier molecular flexibility index (Phi) is 4.95. The number of carboxylic acids is 1. The second kappa shape index (κ2) is 6.74. The quantitative estimate of drug-likeness (QED) is 0.628. The van der Waals surface area contributed by atoms with Crippen molar-refractivity contribution < 1.29 is 19.6 Å². The maximum atomic E-state index is 11.4. The van der Waals surface area contributed by atoms with Crippen LogP contribution in [-0.2, 0) is 29.0 Å². The number of carbonyl (C=O) groups is 2. The molecule has 1 aromatic rings. The zero-order valence-electron chi connectivity index (χ0n) is 13.1. The van der Waals surface area contributed by atoms with Crippen LogP contribution in [0.3, 0.4) is 0 Å². The van der Waals surface area contributed by atoms with Crippen molar-refractivity contribution in [3.63, 3.8) is 0 Å². The number of nitro benzene ring substituents is 1. The third kappa shape index (κ3) is 3.84. The number of carbonyl (C=O) groups excluding carboxylic acids is 1. The molecule has 0 radical (unpaired) electrons. The topological polar surface area (TPSA) is 113 Å². The number of nitro groups is 1. The van der Waals surface area contributed by atoms with E-state index in [0.29, 0.717) is 24.2 Å². The number of benzene rings is 1. The highest BCUT2D eigenvalue weighted by Crippen LogP contribution is 2.36. The van der Waals surface area contributed by atoms with E-state index in [1.165, 1.54) is 13.0 Å². The van der Waals surface area contributed by atoms with Gasteiger partial charge in [-0.15, -0.1) is 0 Å². The van der Waals surface area contributed by atoms with Gasteiger partial charge in [-0.05, 0) is 31.0 Å². The van der Waals surface area contributed by atoms with E-state index < -0.39 is 10.9 Å². The molecule has 0 aliphatic carbocycles. The first-order valence-electron chi connectivity index (χ1n) is 7.29. The lowest BCUT2D eigenvalue weighted by atomic mass is 9.89. The maximum absolute atomic E-state index is 11.4. The number of rotatable bonds is 5. The summed E-state index contributed by atoms with van der Waals surface area (Å²) in [6.07, 6.45) is 0.582. The fraction of sp³-hybridized carbons (Fsp3) is 0.467. The first-order chi connectivity index (χ1) is 10.8. The first kappa shape index (κ1) is 16.9. The van der Waals surface area contributed by atoms with Crippen molar-refractivity contribution in [3.8, 4) is 0 Å². The molecule has 0 spiro atoms. The minimum atomic E-state index is -0.997. The number of anilines is 1. The predicted octanol–water partition coefficient (Wildman–Crippen LogP) is 1.56. The molecule has 1 aliphatic heterocycles. The molecule has 2 rings (SSSR count). The average molecular weight is 321 g/mol. The van der Waals surface area contributed by atoms with Crippen LogP contribution in [0.5, 0.6) is 0 Å². The molecule has 0 bridgehead atoms. The van der Waals surface area contributed by atoms with E-state index in [0.717, 1.165) is 17.7 Å². The van der Waals surface area contributed by atoms with Crippen LogP contribution >= 0.6 is 0 Å². The maximum Gasteiger partial charge on any atom is 0.303 e. The molecule has 0 saturated carbocycles. The molecule has 1 aromatic carbocycles. The zero-order valence-corrected chi connectivity index (χ0v) is 13.1. The number of fused-ring (bicyclic) bond motifs is 1. The van der Waals surface area contributed by atoms with E-state index in [1.807, 2.05) is 11.9 Å². The van der Waals surface area contributed by atoms with Gasteiger partial charge in [0, 0.05) is 38.1 Å². The number of hydrogen-bond acceptors (Lipinski definition) is 5. The Balaban J connectivity index is 2.60. The smallest absolute Gasteiger partial charge is 0.303 e. The third-order valence-electron chi connectivity index (χ3n) is 3.91. The number of nitrogens with one attached hydrogen (secondary N) is 1. The largest absolute Gasteiger partial charge is 0.481 e. The summed E-state index contributed by atoms with van der Waals surface area (Å²) in [6.45, 7) is 2.62. The van der Waals surface area contributed by atoms with Crippen LogP contribution in [0.4, 0.5) is 11.4 Å². The van der Waals surface area contributed by atoms with Crippen LogP contribution in [0.1, 0.15) is 30.0 Å². The molecule has 2 N–H and O–H groups in total. The number of aliphatic carboxylic acids is 1. The molecule has 124 valence electrons. The Morgan fingerprint density at radius 2 is 2.13 bits per heavy atom. The molecule has 23 heavy (non-hydrogen) atoms. The van der Waals surface area contributed by atoms with Gasteiger partial charge in [-0.25, -0.2) is 0 Å². The first-order valence-corrected chi connectivity index (χ1v) is 7.29. The van der Waals surface area contributed by atoms with Gasteiger partial charge in [-0.2, -0.15) is 0 Å². The third-order valence-corrected chi connectivity index (χ3v) is 3.91. The number of likely N-dealkylation sites (N-methyl/N-ethyl adjacent to an activating group) is 1. The number of carboxylic acid groups (broad SMARTS) is 1. The minimum Gasteiger partial charge on any atom is -0.481 e. The van der Waals surface area contributed by atoms with E-state index in [-0.39, 0.29) is 24.4 Å². The van der Waals surface area contributed by atoms with Crippen LogP contribution in [0, 0.1) is 10.1 Å². The lowest BCUT2D eigenvalue weighted by molar-refractivity contribution is -0.385. The molecule has 1 heterocycles. The van der Waals surface area contributed by atoms with Crippen molar-refractivity contribution in [2.75, 3.05) is 18.9 Å². The van der Waals surface area contributed by atoms with Crippen molar-refractivity contribution in [2.24, 2.45) is 0 Å². The molecule has 1 aliphatic rings. The van der Waals surface area contributed by atoms with Crippen LogP contribution in [0.25, 0.3) is 0 Å². The lowest BCUT2D eigenvalue weighted by Crippen LogP contribution is -2.29. The normalized spacial score (nSPS) is 14.2. The standard InChI is InChI=1S/C15H19N3O5/c1-9(19)16-13-7-14(18(22)23)11(3-4-15(20)21)12-8-17(2)6-5-10(12)13/h7H,3-6,8H2,1-2H3,(H,16,19)(H,20,21). The Bertz CT molecular complexity index is 672. The summed E-state index contributed by atoms with van der Waals surface area (Å²) in [4.78, 5) is 35.1. The van der Waals surface area contributed by atoms with E-state index in [1.54, 1.807) is 0 Å². The fourth-order valence-corrected chi connectivity index (χ4v) is 2.91. The van der Waals surface area contributed by atoms with Gasteiger partial charge >= 0.3 is 5.97 Å². The average Bonchev–Trinajstić information content (AvgIpc) is 2.44. The Labute approximate surface area is 133 Å². The van der Waals surface area contributed by atoms with Gasteiger partial charge in [0.05, 0.1) is 10.6 Å². The molecule has 0 atom stereocenters. The van der Waals surface area contributed by atoms with Gasteiger partial charge in [-0.3, -0.25) is 19.7 Å². The van der Waals surface area contributed by atoms with E-state index >= 15 is 0 Å². The van der Waals surface area contributed by atoms with Crippen molar-refractivity contribution in [3.05, 3.63) is 32.9 Å². The van der Waals surface area contributed by atoms with Gasteiger partial charge < -0.3 is 15.3 Å². The molecule has 0 unspecified atom stereocenters. The Hall–Kier alpha value is -2.48. The van der Waals surface area contributed by atoms with E-state index in [9.17, 15) is 19.7 Å². The summed E-state index contributed by atoms with van der Waals surface area (Å²) in [5, 5.41) is 23.0. The van der Waals surface area contributed by atoms with Crippen molar-refractivity contribution in [1.82, 2.24) is 4.90 Å². The van der Waals surface area contributed by atoms with Crippen LogP contribution < -0.4 is 5.32 Å². The lowest BCUT2D eigenvalue weighted by Gasteiger charge is -2.29. The van der Waals surface area contributed by atoms with Crippen molar-refractivity contribution >= 4 is 23.3 Å². The highest BCUT2D eigenvalue weighted by molar-refractivity contribution is 5.90. The van der Waals surface area contributed by atoms with Gasteiger partial charge in [0.15, 0.2) is 0 Å². The van der Waals surface area contributed by atoms with Crippen LogP contribution in [0.2, 0.25) is 0 Å². The molecule has 0 saturated heterocycles. The zero-order chi connectivity index (χ0) is 17.1. The number of amides is 1. The summed E-state index contributed by atoms with van der Waals surface area (Å²) in [5.41, 5.74) is 2.39. The summed E-state index contributed by atoms with van der Waals surface area (Å²) in [5.74, 6) is -1.29. The minimum absolute atomic E-state index is 0.0994. The van der Waals surface area contributed by atoms with E-state index in [4.69, 9.17) is 5.11 Å². The number of nitrogens with zero attached hydrogens (tertiary/aromatic N) is 2. The molecule has 8 nitrogen and oxygen atoms in total. The molecular weight excluding hydrogens is 302 g/mol. The summed E-state index contributed by atoms with van der Waals surface area (Å²) >= 11 is 0. The number of hydrogen-bond donors (Lipinski definition) is 2. The van der Waals surface area contributed by atoms with Gasteiger partial charge in [0.25, 0.3) is 5.69 Å². The van der Waals surface area contributed by atoms with E-state index in [2.05, 4.69) is 5.32 Å². The summed E-state index contributed by atoms with van der Waals surface area (Å²) in [7, 11) is 1.90. The van der Waals surface area contributed by atoms with Crippen LogP contribution in [-0.4, -0.2) is 40.4 Å². The highest BCUT2D eigenvalue weighted by Gasteiger charge is 2.28. The predicted molar refractivity (Wildman–Crippen MR) is 83.4 cm³/mol. The second-order valence-electron chi connectivity index (χ2n) is 5.70. The summed E-state index contributed by atoms with van der Waals surface area (Å²) < 4.78 is 0. The molecular formula is C15H19N3O5. The molecule has 0 fully saturated rings. The van der Waals surface area contributed by atoms with Gasteiger partial charge in [-0.1, -0.05) is 0 Å². The monoisotopic (exact) mass is 321 g/mol. The highest BCUT2D eigenvalue weighted by atomic mass is 16.6. The van der Waals surface area contributed by atoms with Gasteiger partial charge in [0.2, 0.25) is 5.91 Å².